The molecular formula is C25H24N2O. The average molecular weight is 368 g/mol. The highest BCUT2D eigenvalue weighted by Gasteiger charge is 2.17. The Labute approximate surface area is 166 Å². The van der Waals surface area contributed by atoms with Crippen LogP contribution in [0.2, 0.25) is 0 Å². The molecule has 3 heteroatoms. The van der Waals surface area contributed by atoms with E-state index in [1.807, 2.05) is 31.2 Å². The summed E-state index contributed by atoms with van der Waals surface area (Å²) in [6.45, 7) is 2.00. The number of phenols is 1. The zero-order valence-corrected chi connectivity index (χ0v) is 16.1. The predicted molar refractivity (Wildman–Crippen MR) is 114 cm³/mol. The van der Waals surface area contributed by atoms with Gasteiger partial charge >= 0.3 is 0 Å². The summed E-state index contributed by atoms with van der Waals surface area (Å²) in [7, 11) is 0. The first kappa shape index (κ1) is 18.2. The van der Waals surface area contributed by atoms with Gasteiger partial charge in [0.2, 0.25) is 0 Å². The summed E-state index contributed by atoms with van der Waals surface area (Å²) in [4.78, 5) is 9.93. The maximum absolute atomic E-state index is 10.4. The van der Waals surface area contributed by atoms with Crippen molar-refractivity contribution in [2.45, 2.75) is 32.6 Å². The van der Waals surface area contributed by atoms with Gasteiger partial charge in [0.1, 0.15) is 5.75 Å². The molecule has 0 bridgehead atoms. The minimum atomic E-state index is 0.238. The lowest BCUT2D eigenvalue weighted by atomic mass is 9.99. The largest absolute Gasteiger partial charge is 0.507 e. The fraction of sp³-hybridized carbons (Fsp3) is 0.200. The number of aromatic hydroxyl groups is 1. The number of phenolic OH excluding ortho intramolecular Hbond substituents is 1. The SMILES string of the molecule is Cc1nc(-c2ccccc2O)c(CCc2ccccc2)nc1C1=CCCC=C1. The van der Waals surface area contributed by atoms with E-state index in [1.165, 1.54) is 5.56 Å². The maximum Gasteiger partial charge on any atom is 0.125 e. The van der Waals surface area contributed by atoms with E-state index < -0.39 is 0 Å². The molecule has 0 spiro atoms. The highest BCUT2D eigenvalue weighted by molar-refractivity contribution is 5.76. The molecule has 28 heavy (non-hydrogen) atoms. The monoisotopic (exact) mass is 368 g/mol. The first-order valence-corrected chi connectivity index (χ1v) is 9.79. The molecule has 1 aliphatic carbocycles. The molecule has 1 heterocycles. The van der Waals surface area contributed by atoms with Crippen molar-refractivity contribution in [3.63, 3.8) is 0 Å². The maximum atomic E-state index is 10.4. The Morgan fingerprint density at radius 1 is 0.857 bits per heavy atom. The smallest absolute Gasteiger partial charge is 0.125 e. The van der Waals surface area contributed by atoms with Crippen LogP contribution in [0.15, 0.2) is 72.8 Å². The Kier molecular flexibility index (Phi) is 5.34. The van der Waals surface area contributed by atoms with Crippen molar-refractivity contribution in [1.82, 2.24) is 9.97 Å². The zero-order chi connectivity index (χ0) is 19.3. The van der Waals surface area contributed by atoms with Gasteiger partial charge in [0.15, 0.2) is 0 Å². The Balaban J connectivity index is 1.78. The van der Waals surface area contributed by atoms with E-state index in [4.69, 9.17) is 9.97 Å². The number of aryl methyl sites for hydroxylation is 3. The molecule has 140 valence electrons. The van der Waals surface area contributed by atoms with Crippen LogP contribution >= 0.6 is 0 Å². The quantitative estimate of drug-likeness (QED) is 0.630. The topological polar surface area (TPSA) is 46.0 Å². The second kappa shape index (κ2) is 8.22. The molecule has 0 radical (unpaired) electrons. The van der Waals surface area contributed by atoms with Gasteiger partial charge in [-0.25, -0.2) is 9.97 Å². The van der Waals surface area contributed by atoms with Crippen molar-refractivity contribution in [3.05, 3.63) is 95.5 Å². The van der Waals surface area contributed by atoms with Crippen LogP contribution in [0.25, 0.3) is 16.8 Å². The Bertz CT molecular complexity index is 1040. The molecule has 0 saturated carbocycles. The van der Waals surface area contributed by atoms with Crippen molar-refractivity contribution >= 4 is 5.57 Å². The van der Waals surface area contributed by atoms with Crippen molar-refractivity contribution < 1.29 is 5.11 Å². The summed E-state index contributed by atoms with van der Waals surface area (Å²) in [5.41, 5.74) is 6.67. The number of hydrogen-bond donors (Lipinski definition) is 1. The van der Waals surface area contributed by atoms with Gasteiger partial charge in [-0.15, -0.1) is 0 Å². The van der Waals surface area contributed by atoms with E-state index >= 15 is 0 Å². The molecule has 0 saturated heterocycles. The van der Waals surface area contributed by atoms with Gasteiger partial charge in [-0.3, -0.25) is 0 Å². The Morgan fingerprint density at radius 2 is 1.64 bits per heavy atom. The fourth-order valence-corrected chi connectivity index (χ4v) is 3.59. The van der Waals surface area contributed by atoms with Crippen LogP contribution in [0.5, 0.6) is 5.75 Å². The third kappa shape index (κ3) is 3.89. The number of rotatable bonds is 5. The molecule has 3 nitrogen and oxygen atoms in total. The summed E-state index contributed by atoms with van der Waals surface area (Å²) < 4.78 is 0. The van der Waals surface area contributed by atoms with Gasteiger partial charge in [0, 0.05) is 5.56 Å². The van der Waals surface area contributed by atoms with Crippen molar-refractivity contribution in [2.24, 2.45) is 0 Å². The molecule has 2 aromatic carbocycles. The lowest BCUT2D eigenvalue weighted by Gasteiger charge is -2.15. The van der Waals surface area contributed by atoms with E-state index in [2.05, 4.69) is 42.5 Å². The number of allylic oxidation sites excluding steroid dienone is 4. The number of hydrogen-bond acceptors (Lipinski definition) is 3. The van der Waals surface area contributed by atoms with E-state index in [-0.39, 0.29) is 5.75 Å². The van der Waals surface area contributed by atoms with Crippen LogP contribution < -0.4 is 0 Å². The lowest BCUT2D eigenvalue weighted by molar-refractivity contribution is 0.477. The number of nitrogens with zero attached hydrogens (tertiary/aromatic N) is 2. The summed E-state index contributed by atoms with van der Waals surface area (Å²) in [6.07, 6.45) is 10.3. The second-order valence-corrected chi connectivity index (χ2v) is 7.09. The van der Waals surface area contributed by atoms with Crippen LogP contribution in [-0.2, 0) is 12.8 Å². The number of aromatic nitrogens is 2. The molecule has 0 fully saturated rings. The van der Waals surface area contributed by atoms with Crippen LogP contribution in [0, 0.1) is 6.92 Å². The highest BCUT2D eigenvalue weighted by atomic mass is 16.3. The molecule has 4 rings (SSSR count). The average Bonchev–Trinajstić information content (AvgIpc) is 2.74. The van der Waals surface area contributed by atoms with E-state index in [1.54, 1.807) is 6.07 Å². The van der Waals surface area contributed by atoms with Gasteiger partial charge in [0.05, 0.1) is 22.8 Å². The van der Waals surface area contributed by atoms with Gasteiger partial charge in [-0.1, -0.05) is 60.7 Å². The first-order valence-electron chi connectivity index (χ1n) is 9.79. The fourth-order valence-electron chi connectivity index (χ4n) is 3.59. The van der Waals surface area contributed by atoms with Gasteiger partial charge in [-0.2, -0.15) is 0 Å². The summed E-state index contributed by atoms with van der Waals surface area (Å²) >= 11 is 0. The minimum absolute atomic E-state index is 0.238. The zero-order valence-electron chi connectivity index (χ0n) is 16.1. The molecule has 1 N–H and O–H groups in total. The highest BCUT2D eigenvalue weighted by Crippen LogP contribution is 2.32. The van der Waals surface area contributed by atoms with E-state index in [9.17, 15) is 5.11 Å². The normalized spacial score (nSPS) is 13.4. The van der Waals surface area contributed by atoms with Crippen LogP contribution in [0.4, 0.5) is 0 Å². The molecular weight excluding hydrogens is 344 g/mol. The minimum Gasteiger partial charge on any atom is -0.507 e. The van der Waals surface area contributed by atoms with Crippen LogP contribution in [0.3, 0.4) is 0 Å². The van der Waals surface area contributed by atoms with E-state index in [0.717, 1.165) is 59.6 Å². The summed E-state index contributed by atoms with van der Waals surface area (Å²) in [6, 6.07) is 17.8. The van der Waals surface area contributed by atoms with Gasteiger partial charge in [0.25, 0.3) is 0 Å². The molecule has 0 amide bonds. The third-order valence-corrected chi connectivity index (χ3v) is 5.06. The third-order valence-electron chi connectivity index (χ3n) is 5.06. The van der Waals surface area contributed by atoms with Gasteiger partial charge in [-0.05, 0) is 55.9 Å². The number of para-hydroxylation sites is 1. The van der Waals surface area contributed by atoms with E-state index in [0.29, 0.717) is 0 Å². The van der Waals surface area contributed by atoms with Crippen LogP contribution in [-0.4, -0.2) is 15.1 Å². The lowest BCUT2D eigenvalue weighted by Crippen LogP contribution is -2.07. The van der Waals surface area contributed by atoms with Crippen LogP contribution in [0.1, 0.15) is 35.5 Å². The second-order valence-electron chi connectivity index (χ2n) is 7.09. The first-order chi connectivity index (χ1) is 13.7. The Hall–Kier alpha value is -3.20. The predicted octanol–water partition coefficient (Wildman–Crippen LogP) is 5.68. The molecule has 1 aliphatic rings. The van der Waals surface area contributed by atoms with Crippen molar-refractivity contribution in [2.75, 3.05) is 0 Å². The van der Waals surface area contributed by atoms with Gasteiger partial charge < -0.3 is 5.11 Å². The van der Waals surface area contributed by atoms with Crippen molar-refractivity contribution in [1.29, 1.82) is 0 Å². The molecule has 0 unspecified atom stereocenters. The Morgan fingerprint density at radius 3 is 2.39 bits per heavy atom. The summed E-state index contributed by atoms with van der Waals surface area (Å²) in [5, 5.41) is 10.4. The molecule has 0 aliphatic heterocycles. The molecule has 1 aromatic heterocycles. The van der Waals surface area contributed by atoms with Crippen molar-refractivity contribution in [3.8, 4) is 17.0 Å². The molecule has 3 aromatic rings. The number of benzene rings is 2. The molecule has 0 atom stereocenters. The summed E-state index contributed by atoms with van der Waals surface area (Å²) in [5.74, 6) is 0.238. The standard InChI is InChI=1S/C25H24N2O/c1-18-24(20-12-6-3-7-13-20)27-22(17-16-19-10-4-2-5-11-19)25(26-18)21-14-8-9-15-23(21)28/h2,4-6,8-15,28H,3,7,16-17H2,1H3.